The van der Waals surface area contributed by atoms with E-state index in [1.165, 1.54) is 19.2 Å². The summed E-state index contributed by atoms with van der Waals surface area (Å²) in [5, 5.41) is 3.34. The van der Waals surface area contributed by atoms with Crippen LogP contribution < -0.4 is 14.8 Å². The zero-order chi connectivity index (χ0) is 19.6. The Morgan fingerprint density at radius 3 is 2.48 bits per heavy atom. The van der Waals surface area contributed by atoms with Crippen molar-refractivity contribution in [1.29, 1.82) is 0 Å². The SMILES string of the molecule is COc1cc2c(cc1OC)C(CCc1cccc(F)c1C(F)(F)F)NCC2. The number of ether oxygens (including phenoxy) is 2. The normalized spacial score (nSPS) is 16.7. The molecule has 0 fully saturated rings. The molecule has 0 aliphatic carbocycles. The van der Waals surface area contributed by atoms with Crippen LogP contribution in [0.1, 0.15) is 34.7 Å². The summed E-state index contributed by atoms with van der Waals surface area (Å²) in [7, 11) is 3.10. The molecule has 0 amide bonds. The summed E-state index contributed by atoms with van der Waals surface area (Å²) in [6, 6.07) is 7.13. The van der Waals surface area contributed by atoms with Gasteiger partial charge in [0.15, 0.2) is 11.5 Å². The van der Waals surface area contributed by atoms with Gasteiger partial charge in [-0.25, -0.2) is 4.39 Å². The van der Waals surface area contributed by atoms with Gasteiger partial charge in [-0.1, -0.05) is 12.1 Å². The molecule has 0 bridgehead atoms. The average Bonchev–Trinajstić information content (AvgIpc) is 2.64. The Hall–Kier alpha value is -2.28. The van der Waals surface area contributed by atoms with E-state index < -0.39 is 17.6 Å². The van der Waals surface area contributed by atoms with Gasteiger partial charge >= 0.3 is 6.18 Å². The second-order valence-electron chi connectivity index (χ2n) is 6.47. The van der Waals surface area contributed by atoms with Crippen LogP contribution in [0.3, 0.4) is 0 Å². The van der Waals surface area contributed by atoms with Crippen LogP contribution in [0.25, 0.3) is 0 Å². The number of nitrogens with one attached hydrogen (secondary N) is 1. The van der Waals surface area contributed by atoms with E-state index in [9.17, 15) is 17.6 Å². The molecule has 0 spiro atoms. The smallest absolute Gasteiger partial charge is 0.419 e. The molecule has 0 aromatic heterocycles. The number of fused-ring (bicyclic) bond motifs is 1. The molecule has 146 valence electrons. The van der Waals surface area contributed by atoms with Crippen molar-refractivity contribution in [1.82, 2.24) is 5.32 Å². The van der Waals surface area contributed by atoms with Crippen LogP contribution in [0.15, 0.2) is 30.3 Å². The Kier molecular flexibility index (Phi) is 5.60. The maximum absolute atomic E-state index is 13.8. The van der Waals surface area contributed by atoms with Crippen LogP contribution in [0.2, 0.25) is 0 Å². The Morgan fingerprint density at radius 1 is 1.11 bits per heavy atom. The standard InChI is InChI=1S/C20H21F4NO2/c1-26-17-10-13-8-9-25-16(14(13)11-18(17)27-2)7-6-12-4-3-5-15(21)19(12)20(22,23)24/h3-5,10-11,16,25H,6-9H2,1-2H3. The van der Waals surface area contributed by atoms with Gasteiger partial charge in [0.25, 0.3) is 0 Å². The lowest BCUT2D eigenvalue weighted by Gasteiger charge is -2.28. The number of rotatable bonds is 5. The van der Waals surface area contributed by atoms with Crippen molar-refractivity contribution in [2.45, 2.75) is 31.5 Å². The Balaban J connectivity index is 1.87. The predicted molar refractivity (Wildman–Crippen MR) is 93.7 cm³/mol. The first-order valence-corrected chi connectivity index (χ1v) is 8.68. The van der Waals surface area contributed by atoms with E-state index in [0.29, 0.717) is 24.5 Å². The molecule has 1 N–H and O–H groups in total. The second kappa shape index (κ2) is 7.76. The monoisotopic (exact) mass is 383 g/mol. The molecule has 0 radical (unpaired) electrons. The predicted octanol–water partition coefficient (Wildman–Crippen LogP) is 4.68. The first-order chi connectivity index (χ1) is 12.8. The molecule has 3 nitrogen and oxygen atoms in total. The van der Waals surface area contributed by atoms with Gasteiger partial charge in [-0.2, -0.15) is 13.2 Å². The number of benzene rings is 2. The Morgan fingerprint density at radius 2 is 1.81 bits per heavy atom. The first-order valence-electron chi connectivity index (χ1n) is 8.68. The molecule has 3 rings (SSSR count). The zero-order valence-corrected chi connectivity index (χ0v) is 15.1. The number of aryl methyl sites for hydroxylation is 1. The molecule has 1 unspecified atom stereocenters. The maximum atomic E-state index is 13.8. The minimum Gasteiger partial charge on any atom is -0.493 e. The van der Waals surface area contributed by atoms with E-state index in [1.807, 2.05) is 12.1 Å². The molecule has 2 aromatic carbocycles. The summed E-state index contributed by atoms with van der Waals surface area (Å²) in [5.41, 5.74) is 0.848. The highest BCUT2D eigenvalue weighted by atomic mass is 19.4. The van der Waals surface area contributed by atoms with Gasteiger partial charge in [0.1, 0.15) is 5.82 Å². The first kappa shape index (κ1) is 19.5. The molecule has 1 aliphatic rings. The van der Waals surface area contributed by atoms with Crippen molar-refractivity contribution in [3.63, 3.8) is 0 Å². The van der Waals surface area contributed by atoms with Crippen molar-refractivity contribution < 1.29 is 27.0 Å². The highest BCUT2D eigenvalue weighted by molar-refractivity contribution is 5.49. The molecular formula is C20H21F4NO2. The zero-order valence-electron chi connectivity index (χ0n) is 15.1. The van der Waals surface area contributed by atoms with Crippen molar-refractivity contribution in [3.05, 3.63) is 58.4 Å². The summed E-state index contributed by atoms with van der Waals surface area (Å²) in [6.45, 7) is 0.711. The van der Waals surface area contributed by atoms with Crippen molar-refractivity contribution in [2.75, 3.05) is 20.8 Å². The molecule has 1 aliphatic heterocycles. The lowest BCUT2D eigenvalue weighted by molar-refractivity contribution is -0.140. The van der Waals surface area contributed by atoms with Gasteiger partial charge < -0.3 is 14.8 Å². The fraction of sp³-hybridized carbons (Fsp3) is 0.400. The largest absolute Gasteiger partial charge is 0.493 e. The van der Waals surface area contributed by atoms with Gasteiger partial charge in [-0.15, -0.1) is 0 Å². The summed E-state index contributed by atoms with van der Waals surface area (Å²) >= 11 is 0. The quantitative estimate of drug-likeness (QED) is 0.761. The van der Waals surface area contributed by atoms with E-state index >= 15 is 0 Å². The van der Waals surface area contributed by atoms with Crippen LogP contribution in [-0.4, -0.2) is 20.8 Å². The molecule has 1 atom stereocenters. The average molecular weight is 383 g/mol. The van der Waals surface area contributed by atoms with E-state index in [4.69, 9.17) is 9.47 Å². The molecule has 1 heterocycles. The van der Waals surface area contributed by atoms with Gasteiger partial charge in [-0.3, -0.25) is 0 Å². The summed E-state index contributed by atoms with van der Waals surface area (Å²) in [4.78, 5) is 0. The summed E-state index contributed by atoms with van der Waals surface area (Å²) in [5.74, 6) is -0.0310. The minimum atomic E-state index is -4.71. The lowest BCUT2D eigenvalue weighted by atomic mass is 9.89. The van der Waals surface area contributed by atoms with Gasteiger partial charge in [0.2, 0.25) is 0 Å². The molecule has 2 aromatic rings. The highest BCUT2D eigenvalue weighted by Gasteiger charge is 2.36. The van der Waals surface area contributed by atoms with Crippen LogP contribution in [0.5, 0.6) is 11.5 Å². The van der Waals surface area contributed by atoms with E-state index in [-0.39, 0.29) is 18.0 Å². The fourth-order valence-electron chi connectivity index (χ4n) is 3.62. The minimum absolute atomic E-state index is 0.0306. The number of methoxy groups -OCH3 is 2. The lowest BCUT2D eigenvalue weighted by Crippen LogP contribution is -2.30. The molecule has 0 saturated carbocycles. The maximum Gasteiger partial charge on any atom is 0.419 e. The summed E-state index contributed by atoms with van der Waals surface area (Å²) in [6.07, 6.45) is -3.40. The highest BCUT2D eigenvalue weighted by Crippen LogP contribution is 2.38. The Labute approximate surface area is 155 Å². The van der Waals surface area contributed by atoms with Crippen molar-refractivity contribution in [2.24, 2.45) is 0 Å². The van der Waals surface area contributed by atoms with Crippen molar-refractivity contribution >= 4 is 0 Å². The fourth-order valence-corrected chi connectivity index (χ4v) is 3.62. The third-order valence-corrected chi connectivity index (χ3v) is 4.89. The second-order valence-corrected chi connectivity index (χ2v) is 6.47. The van der Waals surface area contributed by atoms with E-state index in [0.717, 1.165) is 23.6 Å². The topological polar surface area (TPSA) is 30.5 Å². The number of alkyl halides is 3. The van der Waals surface area contributed by atoms with Gasteiger partial charge in [0.05, 0.1) is 19.8 Å². The summed E-state index contributed by atoms with van der Waals surface area (Å²) < 4.78 is 64.1. The Bertz CT molecular complexity index is 820. The number of hydrogen-bond donors (Lipinski definition) is 1. The van der Waals surface area contributed by atoms with Crippen molar-refractivity contribution in [3.8, 4) is 11.5 Å². The molecule has 0 saturated heterocycles. The van der Waals surface area contributed by atoms with Crippen LogP contribution in [-0.2, 0) is 19.0 Å². The molecular weight excluding hydrogens is 362 g/mol. The van der Waals surface area contributed by atoms with Gasteiger partial charge in [0, 0.05) is 6.04 Å². The van der Waals surface area contributed by atoms with Gasteiger partial charge in [-0.05, 0) is 60.7 Å². The third kappa shape index (κ3) is 4.03. The number of halogens is 4. The number of hydrogen-bond acceptors (Lipinski definition) is 3. The van der Waals surface area contributed by atoms with E-state index in [2.05, 4.69) is 5.32 Å². The van der Waals surface area contributed by atoms with Crippen LogP contribution in [0.4, 0.5) is 17.6 Å². The van der Waals surface area contributed by atoms with E-state index in [1.54, 1.807) is 7.11 Å². The molecule has 27 heavy (non-hydrogen) atoms. The molecule has 7 heteroatoms. The van der Waals surface area contributed by atoms with Crippen LogP contribution in [0, 0.1) is 5.82 Å². The van der Waals surface area contributed by atoms with Crippen LogP contribution >= 0.6 is 0 Å². The third-order valence-electron chi connectivity index (χ3n) is 4.89.